The van der Waals surface area contributed by atoms with Gasteiger partial charge in [0.05, 0.1) is 37.6 Å². The normalized spacial score (nSPS) is 13.8. The third-order valence-corrected chi connectivity index (χ3v) is 7.00. The van der Waals surface area contributed by atoms with Gasteiger partial charge in [-0.3, -0.25) is 9.59 Å². The molecule has 2 amide bonds. The first kappa shape index (κ1) is 29.0. The molecule has 3 rings (SSSR count). The highest BCUT2D eigenvalue weighted by atomic mass is 35.5. The Morgan fingerprint density at radius 1 is 1.16 bits per heavy atom. The van der Waals surface area contributed by atoms with Crippen LogP contribution in [0.2, 0.25) is 5.02 Å². The van der Waals surface area contributed by atoms with Crippen molar-refractivity contribution in [2.75, 3.05) is 11.6 Å². The fourth-order valence-corrected chi connectivity index (χ4v) is 4.65. The highest BCUT2D eigenvalue weighted by Crippen LogP contribution is 2.40. The lowest BCUT2D eigenvalue weighted by molar-refractivity contribution is -0.137. The summed E-state index contributed by atoms with van der Waals surface area (Å²) in [6.07, 6.45) is -3.65. The van der Waals surface area contributed by atoms with Gasteiger partial charge in [0.15, 0.2) is 0 Å². The molecule has 38 heavy (non-hydrogen) atoms. The number of nitrogens with one attached hydrogen (secondary N) is 1. The number of carbonyl (C=O) groups is 2. The second-order valence-corrected chi connectivity index (χ2v) is 10.8. The fourth-order valence-electron chi connectivity index (χ4n) is 3.09. The van der Waals surface area contributed by atoms with E-state index in [1.807, 2.05) is 0 Å². The quantitative estimate of drug-likeness (QED) is 0.294. The number of alkyl halides is 3. The van der Waals surface area contributed by atoms with E-state index in [9.17, 15) is 31.4 Å². The van der Waals surface area contributed by atoms with Crippen molar-refractivity contribution >= 4 is 38.8 Å². The molecular weight excluding hydrogens is 552 g/mol. The number of benzene rings is 2. The molecule has 3 N–H and O–H groups in total. The molecular formula is C24H21ClF4N4O4S. The van der Waals surface area contributed by atoms with Gasteiger partial charge in [-0.1, -0.05) is 17.7 Å². The molecule has 0 spiro atoms. The lowest BCUT2D eigenvalue weighted by atomic mass is 10.1. The molecule has 1 heterocycles. The van der Waals surface area contributed by atoms with Gasteiger partial charge in [-0.2, -0.15) is 21.9 Å². The van der Waals surface area contributed by atoms with Crippen molar-refractivity contribution in [3.63, 3.8) is 0 Å². The fraction of sp³-hybridized carbons (Fsp3) is 0.208. The minimum absolute atomic E-state index is 0.0235. The zero-order chi connectivity index (χ0) is 28.4. The molecule has 0 aliphatic heterocycles. The van der Waals surface area contributed by atoms with Gasteiger partial charge in [0.1, 0.15) is 11.5 Å². The third kappa shape index (κ3) is 6.85. The molecule has 8 nitrogen and oxygen atoms in total. The predicted octanol–water partition coefficient (Wildman–Crippen LogP) is 5.58. The number of nitrogens with zero attached hydrogens (tertiary/aromatic N) is 2. The number of carbonyl (C=O) groups excluding carboxylic acids is 2. The van der Waals surface area contributed by atoms with Crippen LogP contribution in [0.1, 0.15) is 28.5 Å². The standard InChI is InChI=1S/C24H21ClF4N4O4S/c1-12(30)22(34)33-38(3,36)15-6-4-5-14(9-15)32-23(35)16-10-18(25)17(24(27,28)29)11-20(16)37-19-7-8-21(26)31-13(19)2/h4-12H,30H2,1-3H3,(H,32,35)/t12-,38-/m1/s1. The molecule has 0 saturated heterocycles. The number of aryl methyl sites for hydroxylation is 1. The first-order valence-electron chi connectivity index (χ1n) is 10.7. The Bertz CT molecular complexity index is 1540. The predicted molar refractivity (Wildman–Crippen MR) is 133 cm³/mol. The summed E-state index contributed by atoms with van der Waals surface area (Å²) < 4.78 is 76.1. The Hall–Kier alpha value is -3.55. The molecule has 2 aromatic carbocycles. The molecule has 0 aliphatic carbocycles. The van der Waals surface area contributed by atoms with E-state index in [0.717, 1.165) is 18.2 Å². The maximum atomic E-state index is 13.5. The topological polar surface area (TPSA) is 124 Å². The van der Waals surface area contributed by atoms with Gasteiger partial charge in [0.2, 0.25) is 5.95 Å². The summed E-state index contributed by atoms with van der Waals surface area (Å²) in [6, 6.07) is 8.02. The van der Waals surface area contributed by atoms with E-state index in [0.29, 0.717) is 6.07 Å². The molecule has 1 aromatic heterocycles. The van der Waals surface area contributed by atoms with Crippen LogP contribution in [0.3, 0.4) is 0 Å². The monoisotopic (exact) mass is 572 g/mol. The average molecular weight is 573 g/mol. The summed E-state index contributed by atoms with van der Waals surface area (Å²) in [5.74, 6) is -3.15. The van der Waals surface area contributed by atoms with Crippen molar-refractivity contribution in [1.82, 2.24) is 4.98 Å². The van der Waals surface area contributed by atoms with Gasteiger partial charge >= 0.3 is 6.18 Å². The molecule has 0 aliphatic rings. The summed E-state index contributed by atoms with van der Waals surface area (Å²) in [4.78, 5) is 28.7. The van der Waals surface area contributed by atoms with Crippen molar-refractivity contribution < 1.29 is 36.1 Å². The molecule has 202 valence electrons. The lowest BCUT2D eigenvalue weighted by Gasteiger charge is -2.17. The van der Waals surface area contributed by atoms with E-state index in [-0.39, 0.29) is 27.6 Å². The van der Waals surface area contributed by atoms with Crippen molar-refractivity contribution in [3.8, 4) is 11.5 Å². The zero-order valence-electron chi connectivity index (χ0n) is 20.1. The maximum Gasteiger partial charge on any atom is 0.417 e. The molecule has 0 radical (unpaired) electrons. The number of hydrogen-bond acceptors (Lipinski definition) is 6. The van der Waals surface area contributed by atoms with Crippen LogP contribution in [0.5, 0.6) is 11.5 Å². The summed E-state index contributed by atoms with van der Waals surface area (Å²) in [5, 5.41) is 1.71. The minimum Gasteiger partial charge on any atom is -0.455 e. The van der Waals surface area contributed by atoms with Gasteiger partial charge < -0.3 is 15.8 Å². The van der Waals surface area contributed by atoms with Gasteiger partial charge in [0, 0.05) is 16.8 Å². The van der Waals surface area contributed by atoms with E-state index in [4.69, 9.17) is 22.1 Å². The Labute approximate surface area is 220 Å². The molecule has 2 atom stereocenters. The largest absolute Gasteiger partial charge is 0.455 e. The van der Waals surface area contributed by atoms with Crippen LogP contribution >= 0.6 is 11.6 Å². The van der Waals surface area contributed by atoms with Crippen LogP contribution in [0.25, 0.3) is 0 Å². The van der Waals surface area contributed by atoms with Gasteiger partial charge in [0.25, 0.3) is 11.8 Å². The Morgan fingerprint density at radius 3 is 2.45 bits per heavy atom. The Kier molecular flexibility index (Phi) is 8.44. The number of amides is 2. The molecule has 0 saturated carbocycles. The molecule has 0 unspecified atom stereocenters. The second kappa shape index (κ2) is 11.1. The lowest BCUT2D eigenvalue weighted by Crippen LogP contribution is -2.25. The number of aromatic nitrogens is 1. The molecule has 0 fully saturated rings. The van der Waals surface area contributed by atoms with Crippen molar-refractivity contribution in [2.24, 2.45) is 10.1 Å². The highest BCUT2D eigenvalue weighted by Gasteiger charge is 2.35. The van der Waals surface area contributed by atoms with E-state index in [1.165, 1.54) is 44.4 Å². The SMILES string of the molecule is Cc1nc(F)ccc1Oc1cc(C(F)(F)F)c(Cl)cc1C(=O)Nc1cccc([S@@](C)(=O)=NC(=O)[C@@H](C)N)c1. The Balaban J connectivity index is 2.03. The summed E-state index contributed by atoms with van der Waals surface area (Å²) in [5.41, 5.74) is 3.95. The molecule has 0 bridgehead atoms. The number of nitrogens with two attached hydrogens (primary N) is 1. The van der Waals surface area contributed by atoms with Crippen LogP contribution < -0.4 is 15.8 Å². The van der Waals surface area contributed by atoms with Crippen molar-refractivity contribution in [1.29, 1.82) is 0 Å². The summed E-state index contributed by atoms with van der Waals surface area (Å²) in [7, 11) is -3.23. The first-order chi connectivity index (χ1) is 17.6. The number of rotatable bonds is 6. The first-order valence-corrected chi connectivity index (χ1v) is 13.0. The van der Waals surface area contributed by atoms with Crippen LogP contribution in [0.15, 0.2) is 57.8 Å². The number of ether oxygens (including phenoxy) is 1. The maximum absolute atomic E-state index is 13.5. The summed E-state index contributed by atoms with van der Waals surface area (Å²) >= 11 is 5.84. The average Bonchev–Trinajstić information content (AvgIpc) is 2.80. The van der Waals surface area contributed by atoms with Crippen LogP contribution in [-0.2, 0) is 20.7 Å². The van der Waals surface area contributed by atoms with Gasteiger partial charge in [-0.25, -0.2) is 9.19 Å². The van der Waals surface area contributed by atoms with E-state index in [2.05, 4.69) is 14.7 Å². The van der Waals surface area contributed by atoms with Gasteiger partial charge in [-0.15, -0.1) is 0 Å². The molecule has 14 heteroatoms. The zero-order valence-corrected chi connectivity index (χ0v) is 21.7. The van der Waals surface area contributed by atoms with E-state index in [1.54, 1.807) is 0 Å². The van der Waals surface area contributed by atoms with Crippen LogP contribution in [-0.4, -0.2) is 33.3 Å². The number of hydrogen-bond donors (Lipinski definition) is 2. The third-order valence-electron chi connectivity index (χ3n) is 5.03. The summed E-state index contributed by atoms with van der Waals surface area (Å²) in [6.45, 7) is 2.75. The minimum atomic E-state index is -4.86. The van der Waals surface area contributed by atoms with Crippen molar-refractivity contribution in [2.45, 2.75) is 31.0 Å². The second-order valence-electron chi connectivity index (χ2n) is 8.15. The van der Waals surface area contributed by atoms with Crippen LogP contribution in [0.4, 0.5) is 23.2 Å². The molecule has 3 aromatic rings. The van der Waals surface area contributed by atoms with E-state index >= 15 is 0 Å². The van der Waals surface area contributed by atoms with Crippen LogP contribution in [0, 0.1) is 12.9 Å². The smallest absolute Gasteiger partial charge is 0.417 e. The van der Waals surface area contributed by atoms with Crippen molar-refractivity contribution in [3.05, 3.63) is 76.3 Å². The number of anilines is 1. The van der Waals surface area contributed by atoms with E-state index < -0.39 is 56.0 Å². The van der Waals surface area contributed by atoms with Gasteiger partial charge in [-0.05, 0) is 56.3 Å². The Morgan fingerprint density at radius 2 is 1.84 bits per heavy atom. The number of pyridine rings is 1. The highest BCUT2D eigenvalue weighted by molar-refractivity contribution is 7.93. The number of halogens is 5.